The van der Waals surface area contributed by atoms with Crippen molar-refractivity contribution in [3.05, 3.63) is 21.3 Å². The lowest BCUT2D eigenvalue weighted by Crippen LogP contribution is -2.17. The van der Waals surface area contributed by atoms with Gasteiger partial charge in [-0.25, -0.2) is 0 Å². The molecule has 2 heterocycles. The van der Waals surface area contributed by atoms with Crippen LogP contribution in [0.2, 0.25) is 5.02 Å². The quantitative estimate of drug-likeness (QED) is 0.887. The number of aliphatic hydroxyl groups excluding tert-OH is 1. The summed E-state index contributed by atoms with van der Waals surface area (Å²) in [5.74, 6) is 0.576. The van der Waals surface area contributed by atoms with Gasteiger partial charge in [-0.1, -0.05) is 11.6 Å². The first-order valence-electron chi connectivity index (χ1n) is 5.26. The van der Waals surface area contributed by atoms with Crippen molar-refractivity contribution in [3.63, 3.8) is 0 Å². The Labute approximate surface area is 98.8 Å². The van der Waals surface area contributed by atoms with Gasteiger partial charge in [0.25, 0.3) is 0 Å². The smallest absolute Gasteiger partial charge is 0.0899 e. The maximum atomic E-state index is 10.0. The fourth-order valence-electron chi connectivity index (χ4n) is 1.95. The van der Waals surface area contributed by atoms with Gasteiger partial charge in [0.15, 0.2) is 0 Å². The predicted octanol–water partition coefficient (Wildman–Crippen LogP) is 3.25. The van der Waals surface area contributed by atoms with Crippen LogP contribution in [0.4, 0.5) is 0 Å². The summed E-state index contributed by atoms with van der Waals surface area (Å²) in [7, 11) is 0. The molecule has 0 bridgehead atoms. The fourth-order valence-corrected chi connectivity index (χ4v) is 3.13. The van der Waals surface area contributed by atoms with E-state index in [9.17, 15) is 5.11 Å². The fraction of sp³-hybridized carbons (Fsp3) is 0.636. The van der Waals surface area contributed by atoms with Crippen LogP contribution in [-0.4, -0.2) is 18.3 Å². The van der Waals surface area contributed by atoms with E-state index in [2.05, 4.69) is 0 Å². The highest BCUT2D eigenvalue weighted by Gasteiger charge is 2.20. The van der Waals surface area contributed by atoms with Crippen LogP contribution in [-0.2, 0) is 4.74 Å². The van der Waals surface area contributed by atoms with Gasteiger partial charge >= 0.3 is 0 Å². The number of hydrogen-bond acceptors (Lipinski definition) is 3. The minimum atomic E-state index is -0.402. The molecule has 0 saturated carbocycles. The van der Waals surface area contributed by atoms with E-state index < -0.39 is 6.10 Å². The predicted molar refractivity (Wildman–Crippen MR) is 62.4 cm³/mol. The van der Waals surface area contributed by atoms with Crippen molar-refractivity contribution < 1.29 is 9.84 Å². The maximum absolute atomic E-state index is 10.0. The summed E-state index contributed by atoms with van der Waals surface area (Å²) in [5.41, 5.74) is 0. The summed E-state index contributed by atoms with van der Waals surface area (Å²) in [6, 6.07) is 1.84. The highest BCUT2D eigenvalue weighted by molar-refractivity contribution is 7.10. The van der Waals surface area contributed by atoms with Crippen molar-refractivity contribution in [1.82, 2.24) is 0 Å². The third-order valence-electron chi connectivity index (χ3n) is 2.84. The van der Waals surface area contributed by atoms with E-state index in [1.165, 1.54) is 11.3 Å². The third kappa shape index (κ3) is 2.94. The van der Waals surface area contributed by atoms with E-state index in [-0.39, 0.29) is 0 Å². The molecular weight excluding hydrogens is 232 g/mol. The first-order valence-corrected chi connectivity index (χ1v) is 6.52. The molecule has 84 valence electrons. The van der Waals surface area contributed by atoms with E-state index in [1.807, 2.05) is 11.4 Å². The van der Waals surface area contributed by atoms with Crippen molar-refractivity contribution in [1.29, 1.82) is 0 Å². The minimum absolute atomic E-state index is 0.402. The van der Waals surface area contributed by atoms with Crippen molar-refractivity contribution >= 4 is 22.9 Å². The van der Waals surface area contributed by atoms with E-state index in [1.54, 1.807) is 0 Å². The van der Waals surface area contributed by atoms with E-state index in [4.69, 9.17) is 16.3 Å². The molecule has 4 heteroatoms. The summed E-state index contributed by atoms with van der Waals surface area (Å²) in [6.07, 6.45) is 2.52. The Bertz CT molecular complexity index is 307. The minimum Gasteiger partial charge on any atom is -0.388 e. The number of rotatable bonds is 3. The Morgan fingerprint density at radius 2 is 2.27 bits per heavy atom. The van der Waals surface area contributed by atoms with E-state index in [0.717, 1.165) is 37.4 Å². The average molecular weight is 247 g/mol. The van der Waals surface area contributed by atoms with Crippen LogP contribution in [0.25, 0.3) is 0 Å². The molecule has 0 spiro atoms. The second kappa shape index (κ2) is 5.30. The number of thiophene rings is 1. The molecule has 1 atom stereocenters. The first kappa shape index (κ1) is 11.4. The van der Waals surface area contributed by atoms with E-state index >= 15 is 0 Å². The van der Waals surface area contributed by atoms with Gasteiger partial charge in [-0.2, -0.15) is 0 Å². The Balaban J connectivity index is 1.91. The van der Waals surface area contributed by atoms with Crippen molar-refractivity contribution in [2.45, 2.75) is 25.4 Å². The molecule has 2 nitrogen and oxygen atoms in total. The maximum Gasteiger partial charge on any atom is 0.0899 e. The number of aliphatic hydroxyl groups is 1. The molecule has 0 radical (unpaired) electrons. The molecule has 1 aromatic heterocycles. The second-order valence-corrected chi connectivity index (χ2v) is 5.29. The van der Waals surface area contributed by atoms with Crippen molar-refractivity contribution in [2.24, 2.45) is 5.92 Å². The third-order valence-corrected chi connectivity index (χ3v) is 4.30. The van der Waals surface area contributed by atoms with Crippen molar-refractivity contribution in [2.75, 3.05) is 13.2 Å². The highest BCUT2D eigenvalue weighted by Crippen LogP contribution is 2.34. The zero-order valence-electron chi connectivity index (χ0n) is 8.49. The van der Waals surface area contributed by atoms with Crippen molar-refractivity contribution in [3.8, 4) is 0 Å². The lowest BCUT2D eigenvalue weighted by atomic mass is 9.93. The summed E-state index contributed by atoms with van der Waals surface area (Å²) in [6.45, 7) is 1.66. The van der Waals surface area contributed by atoms with Gasteiger partial charge in [0.1, 0.15) is 0 Å². The summed E-state index contributed by atoms with van der Waals surface area (Å²) >= 11 is 7.51. The molecule has 2 rings (SSSR count). The SMILES string of the molecule is OC(CC1CCOCC1)c1sccc1Cl. The molecule has 1 aromatic rings. The highest BCUT2D eigenvalue weighted by atomic mass is 35.5. The Hall–Kier alpha value is -0.0900. The standard InChI is InChI=1S/C11H15ClO2S/c12-9-3-6-15-11(9)10(13)7-8-1-4-14-5-2-8/h3,6,8,10,13H,1-2,4-5,7H2. The largest absolute Gasteiger partial charge is 0.388 e. The van der Waals surface area contributed by atoms with Gasteiger partial charge in [-0.05, 0) is 36.6 Å². The topological polar surface area (TPSA) is 29.5 Å². The van der Waals surface area contributed by atoms with Gasteiger partial charge in [0.05, 0.1) is 16.0 Å². The lowest BCUT2D eigenvalue weighted by Gasteiger charge is -2.23. The zero-order valence-corrected chi connectivity index (χ0v) is 10.1. The lowest BCUT2D eigenvalue weighted by molar-refractivity contribution is 0.0442. The molecular formula is C11H15ClO2S. The molecule has 1 aliphatic rings. The molecule has 0 aliphatic carbocycles. The normalized spacial score (nSPS) is 20.4. The van der Waals surface area contributed by atoms with Crippen LogP contribution >= 0.6 is 22.9 Å². The summed E-state index contributed by atoms with van der Waals surface area (Å²) in [5, 5.41) is 12.6. The summed E-state index contributed by atoms with van der Waals surface area (Å²) < 4.78 is 5.29. The first-order chi connectivity index (χ1) is 7.27. The van der Waals surface area contributed by atoms with Gasteiger partial charge in [-0.15, -0.1) is 11.3 Å². The number of hydrogen-bond donors (Lipinski definition) is 1. The molecule has 1 N–H and O–H groups in total. The Kier molecular flexibility index (Phi) is 4.03. The van der Waals surface area contributed by atoms with Crippen LogP contribution in [0.1, 0.15) is 30.2 Å². The molecule has 0 aromatic carbocycles. The Morgan fingerprint density at radius 1 is 1.53 bits per heavy atom. The van der Waals surface area contributed by atoms with Gasteiger partial charge in [0.2, 0.25) is 0 Å². The van der Waals surface area contributed by atoms with Gasteiger partial charge < -0.3 is 9.84 Å². The Morgan fingerprint density at radius 3 is 2.87 bits per heavy atom. The van der Waals surface area contributed by atoms with Crippen LogP contribution in [0.15, 0.2) is 11.4 Å². The van der Waals surface area contributed by atoms with E-state index in [0.29, 0.717) is 10.9 Å². The monoisotopic (exact) mass is 246 g/mol. The van der Waals surface area contributed by atoms with Crippen LogP contribution in [0.3, 0.4) is 0 Å². The molecule has 1 unspecified atom stereocenters. The second-order valence-electron chi connectivity index (χ2n) is 3.94. The number of ether oxygens (including phenoxy) is 1. The van der Waals surface area contributed by atoms with Crippen LogP contribution in [0.5, 0.6) is 0 Å². The van der Waals surface area contributed by atoms with Gasteiger partial charge in [-0.3, -0.25) is 0 Å². The zero-order chi connectivity index (χ0) is 10.7. The molecule has 1 saturated heterocycles. The summed E-state index contributed by atoms with van der Waals surface area (Å²) in [4.78, 5) is 0.906. The molecule has 1 fully saturated rings. The number of halogens is 1. The molecule has 15 heavy (non-hydrogen) atoms. The molecule has 0 amide bonds. The molecule has 1 aliphatic heterocycles. The van der Waals surface area contributed by atoms with Crippen LogP contribution < -0.4 is 0 Å². The van der Waals surface area contributed by atoms with Gasteiger partial charge in [0, 0.05) is 13.2 Å². The van der Waals surface area contributed by atoms with Crippen LogP contribution in [0, 0.1) is 5.92 Å². The average Bonchev–Trinajstić information content (AvgIpc) is 2.66.